The largest absolute Gasteiger partial charge is 0.357 e. The predicted molar refractivity (Wildman–Crippen MR) is 129 cm³/mol. The zero-order valence-corrected chi connectivity index (χ0v) is 20.1. The Bertz CT molecular complexity index is 1250. The van der Waals surface area contributed by atoms with Crippen molar-refractivity contribution < 1.29 is 13.2 Å². The van der Waals surface area contributed by atoms with Gasteiger partial charge in [0, 0.05) is 46.6 Å². The van der Waals surface area contributed by atoms with Crippen LogP contribution >= 0.6 is 0 Å². The average Bonchev–Trinajstić information content (AvgIpc) is 3.45. The van der Waals surface area contributed by atoms with Crippen molar-refractivity contribution in [3.05, 3.63) is 42.4 Å². The van der Waals surface area contributed by atoms with Gasteiger partial charge in [-0.15, -0.1) is 0 Å². The number of carbonyl (C=O) groups excluding carboxylic acids is 1. The third-order valence-corrected chi connectivity index (χ3v) is 7.74. The molecule has 0 bridgehead atoms. The molecule has 0 unspecified atom stereocenters. The van der Waals surface area contributed by atoms with Crippen LogP contribution in [0.15, 0.2) is 41.4 Å². The molecule has 1 aliphatic heterocycles. The van der Waals surface area contributed by atoms with Gasteiger partial charge in [0.05, 0.1) is 27.8 Å². The summed E-state index contributed by atoms with van der Waals surface area (Å²) in [5.41, 5.74) is 2.13. The van der Waals surface area contributed by atoms with Crippen molar-refractivity contribution in [1.82, 2.24) is 18.8 Å². The molecule has 4 rings (SSSR count). The maximum Gasteiger partial charge on any atom is 0.242 e. The van der Waals surface area contributed by atoms with Gasteiger partial charge in [-0.25, -0.2) is 22.7 Å². The summed E-state index contributed by atoms with van der Waals surface area (Å²) >= 11 is 0. The average molecular weight is 471 g/mol. The molecular weight excluding hydrogens is 440 g/mol. The van der Waals surface area contributed by atoms with Gasteiger partial charge < -0.3 is 14.8 Å². The highest BCUT2D eigenvalue weighted by Gasteiger charge is 2.20. The minimum Gasteiger partial charge on any atom is -0.357 e. The molecule has 3 aromatic rings. The fraction of sp³-hybridized carbons (Fsp3) is 0.435. The number of anilines is 2. The summed E-state index contributed by atoms with van der Waals surface area (Å²) in [6, 6.07) is 8.79. The van der Waals surface area contributed by atoms with Gasteiger partial charge in [-0.05, 0) is 50.1 Å². The summed E-state index contributed by atoms with van der Waals surface area (Å²) in [4.78, 5) is 24.1. The highest BCUT2D eigenvalue weighted by atomic mass is 32.2. The smallest absolute Gasteiger partial charge is 0.242 e. The van der Waals surface area contributed by atoms with Crippen LogP contribution in [-0.4, -0.2) is 60.4 Å². The Labute approximate surface area is 194 Å². The van der Waals surface area contributed by atoms with Crippen LogP contribution in [0.5, 0.6) is 0 Å². The van der Waals surface area contributed by atoms with Gasteiger partial charge in [0.25, 0.3) is 0 Å². The SMILES string of the molecule is CCn1c(CCC(=O)Nc2ccc(N3CCCC3)nc2)nc2cc(S(=O)(=O)N(C)C)ccc21. The summed E-state index contributed by atoms with van der Waals surface area (Å²) in [5, 5.41) is 2.90. The summed E-state index contributed by atoms with van der Waals surface area (Å²) in [7, 11) is -0.529. The molecule has 1 N–H and O–H groups in total. The molecule has 0 aliphatic carbocycles. The van der Waals surface area contributed by atoms with Crippen molar-refractivity contribution in [3.63, 3.8) is 0 Å². The van der Waals surface area contributed by atoms with Crippen LogP contribution in [-0.2, 0) is 27.8 Å². The molecule has 0 spiro atoms. The Morgan fingerprint density at radius 1 is 1.15 bits per heavy atom. The van der Waals surface area contributed by atoms with E-state index < -0.39 is 10.0 Å². The predicted octanol–water partition coefficient (Wildman–Crippen LogP) is 2.87. The first-order valence-electron chi connectivity index (χ1n) is 11.2. The molecule has 2 aromatic heterocycles. The van der Waals surface area contributed by atoms with E-state index in [-0.39, 0.29) is 17.2 Å². The van der Waals surface area contributed by atoms with Crippen molar-refractivity contribution in [2.75, 3.05) is 37.4 Å². The van der Waals surface area contributed by atoms with E-state index in [2.05, 4.69) is 20.2 Å². The first-order valence-corrected chi connectivity index (χ1v) is 12.7. The highest BCUT2D eigenvalue weighted by molar-refractivity contribution is 7.89. The number of benzene rings is 1. The molecule has 1 amide bonds. The zero-order chi connectivity index (χ0) is 23.6. The van der Waals surface area contributed by atoms with Crippen molar-refractivity contribution in [1.29, 1.82) is 0 Å². The number of nitrogens with one attached hydrogen (secondary N) is 1. The van der Waals surface area contributed by atoms with Crippen LogP contribution in [0, 0.1) is 0 Å². The van der Waals surface area contributed by atoms with Gasteiger partial charge in [0.1, 0.15) is 11.6 Å². The van der Waals surface area contributed by atoms with Gasteiger partial charge in [0.15, 0.2) is 0 Å². The van der Waals surface area contributed by atoms with Crippen molar-refractivity contribution in [2.45, 2.75) is 44.0 Å². The van der Waals surface area contributed by atoms with Gasteiger partial charge in [-0.3, -0.25) is 4.79 Å². The molecule has 10 heteroatoms. The summed E-state index contributed by atoms with van der Waals surface area (Å²) in [5.74, 6) is 1.58. The number of imidazole rings is 1. The van der Waals surface area contributed by atoms with Crippen LogP contribution in [0.4, 0.5) is 11.5 Å². The molecule has 1 fully saturated rings. The summed E-state index contributed by atoms with van der Waals surface area (Å²) in [6.07, 6.45) is 4.79. The lowest BCUT2D eigenvalue weighted by Crippen LogP contribution is -2.22. The number of aryl methyl sites for hydroxylation is 2. The quantitative estimate of drug-likeness (QED) is 0.543. The molecule has 0 atom stereocenters. The van der Waals surface area contributed by atoms with Crippen LogP contribution in [0.1, 0.15) is 32.0 Å². The maximum atomic E-state index is 12.5. The Balaban J connectivity index is 1.44. The van der Waals surface area contributed by atoms with E-state index in [1.807, 2.05) is 23.6 Å². The van der Waals surface area contributed by atoms with Gasteiger partial charge in [0.2, 0.25) is 15.9 Å². The maximum absolute atomic E-state index is 12.5. The highest BCUT2D eigenvalue weighted by Crippen LogP contribution is 2.23. The Morgan fingerprint density at radius 3 is 2.55 bits per heavy atom. The third-order valence-electron chi connectivity index (χ3n) is 5.93. The second-order valence-corrected chi connectivity index (χ2v) is 10.5. The molecule has 1 aromatic carbocycles. The number of carbonyl (C=O) groups is 1. The number of pyridine rings is 1. The topological polar surface area (TPSA) is 100 Å². The molecule has 1 saturated heterocycles. The fourth-order valence-corrected chi connectivity index (χ4v) is 5.04. The Hall–Kier alpha value is -2.98. The normalized spacial score (nSPS) is 14.4. The van der Waals surface area contributed by atoms with E-state index in [1.54, 1.807) is 24.4 Å². The van der Waals surface area contributed by atoms with E-state index in [9.17, 15) is 13.2 Å². The van der Waals surface area contributed by atoms with Crippen LogP contribution in [0.3, 0.4) is 0 Å². The van der Waals surface area contributed by atoms with Gasteiger partial charge >= 0.3 is 0 Å². The monoisotopic (exact) mass is 470 g/mol. The number of aromatic nitrogens is 3. The minimum absolute atomic E-state index is 0.115. The minimum atomic E-state index is -3.54. The van der Waals surface area contributed by atoms with E-state index in [0.717, 1.165) is 30.2 Å². The van der Waals surface area contributed by atoms with E-state index in [1.165, 1.54) is 31.2 Å². The molecule has 1 aliphatic rings. The van der Waals surface area contributed by atoms with Crippen molar-refractivity contribution >= 4 is 38.5 Å². The lowest BCUT2D eigenvalue weighted by molar-refractivity contribution is -0.116. The van der Waals surface area contributed by atoms with E-state index in [4.69, 9.17) is 0 Å². The molecule has 0 saturated carbocycles. The van der Waals surface area contributed by atoms with E-state index in [0.29, 0.717) is 24.2 Å². The molecule has 3 heterocycles. The molecular formula is C23H30N6O3S. The Kier molecular flexibility index (Phi) is 6.66. The van der Waals surface area contributed by atoms with Crippen molar-refractivity contribution in [2.24, 2.45) is 0 Å². The second kappa shape index (κ2) is 9.48. The van der Waals surface area contributed by atoms with Crippen molar-refractivity contribution in [3.8, 4) is 0 Å². The summed E-state index contributed by atoms with van der Waals surface area (Å²) < 4.78 is 28.1. The van der Waals surface area contributed by atoms with Gasteiger partial charge in [-0.2, -0.15) is 0 Å². The number of amides is 1. The number of hydrogen-bond acceptors (Lipinski definition) is 6. The fourth-order valence-electron chi connectivity index (χ4n) is 4.12. The van der Waals surface area contributed by atoms with E-state index >= 15 is 0 Å². The third kappa shape index (κ3) is 4.86. The standard InChI is InChI=1S/C23H30N6O3S/c1-4-29-20-9-8-18(33(31,32)27(2)3)15-19(20)26-22(29)11-12-23(30)25-17-7-10-21(24-16-17)28-13-5-6-14-28/h7-10,15-16H,4-6,11-14H2,1-3H3,(H,25,30). The Morgan fingerprint density at radius 2 is 1.91 bits per heavy atom. The number of fused-ring (bicyclic) bond motifs is 1. The first-order chi connectivity index (χ1) is 15.8. The number of nitrogens with zero attached hydrogens (tertiary/aromatic N) is 5. The number of rotatable bonds is 8. The lowest BCUT2D eigenvalue weighted by atomic mass is 10.2. The summed E-state index contributed by atoms with van der Waals surface area (Å²) in [6.45, 7) is 4.73. The molecule has 0 radical (unpaired) electrons. The number of hydrogen-bond donors (Lipinski definition) is 1. The lowest BCUT2D eigenvalue weighted by Gasteiger charge is -2.16. The molecule has 9 nitrogen and oxygen atoms in total. The van der Waals surface area contributed by atoms with Gasteiger partial charge in [-0.1, -0.05) is 0 Å². The van der Waals surface area contributed by atoms with Crippen LogP contribution < -0.4 is 10.2 Å². The first kappa shape index (κ1) is 23.2. The molecule has 176 valence electrons. The van der Waals surface area contributed by atoms with Crippen LogP contribution in [0.2, 0.25) is 0 Å². The van der Waals surface area contributed by atoms with Crippen LogP contribution in [0.25, 0.3) is 11.0 Å². The second-order valence-electron chi connectivity index (χ2n) is 8.36. The molecule has 33 heavy (non-hydrogen) atoms. The zero-order valence-electron chi connectivity index (χ0n) is 19.3. The number of sulfonamides is 1.